The molecule has 112 valence electrons. The van der Waals surface area contributed by atoms with Crippen LogP contribution in [-0.2, 0) is 0 Å². The Morgan fingerprint density at radius 2 is 2.23 bits per heavy atom. The van der Waals surface area contributed by atoms with Crippen LogP contribution in [0.3, 0.4) is 0 Å². The fourth-order valence-electron chi connectivity index (χ4n) is 3.79. The Bertz CT molecular complexity index is 813. The van der Waals surface area contributed by atoms with Crippen LogP contribution in [0.4, 0.5) is 0 Å². The van der Waals surface area contributed by atoms with E-state index in [0.717, 1.165) is 40.8 Å². The van der Waals surface area contributed by atoms with Crippen LogP contribution in [-0.4, -0.2) is 25.7 Å². The van der Waals surface area contributed by atoms with Crippen molar-refractivity contribution in [2.45, 2.75) is 31.3 Å². The van der Waals surface area contributed by atoms with Crippen molar-refractivity contribution in [3.63, 3.8) is 0 Å². The zero-order chi connectivity index (χ0) is 15.3. The van der Waals surface area contributed by atoms with E-state index in [1.165, 1.54) is 0 Å². The first kappa shape index (κ1) is 13.5. The molecule has 4 heteroatoms. The lowest BCUT2D eigenvalue weighted by molar-refractivity contribution is 0.0910. The highest BCUT2D eigenvalue weighted by Gasteiger charge is 2.37. The van der Waals surface area contributed by atoms with Crippen LogP contribution >= 0.6 is 0 Å². The predicted octanol–water partition coefficient (Wildman–Crippen LogP) is 3.34. The van der Waals surface area contributed by atoms with E-state index in [1.807, 2.05) is 13.0 Å². The van der Waals surface area contributed by atoms with Gasteiger partial charge >= 0.3 is 0 Å². The van der Waals surface area contributed by atoms with Gasteiger partial charge in [-0.3, -0.25) is 4.98 Å². The van der Waals surface area contributed by atoms with Gasteiger partial charge in [0.1, 0.15) is 5.52 Å². The van der Waals surface area contributed by atoms with Gasteiger partial charge in [-0.15, -0.1) is 0 Å². The van der Waals surface area contributed by atoms with E-state index in [1.54, 1.807) is 12.4 Å². The van der Waals surface area contributed by atoms with Crippen molar-refractivity contribution < 1.29 is 5.11 Å². The summed E-state index contributed by atoms with van der Waals surface area (Å²) in [4.78, 5) is 12.2. The van der Waals surface area contributed by atoms with Crippen molar-refractivity contribution in [2.24, 2.45) is 5.92 Å². The first-order valence-electron chi connectivity index (χ1n) is 7.66. The lowest BCUT2D eigenvalue weighted by atomic mass is 9.85. The molecule has 2 heterocycles. The van der Waals surface area contributed by atoms with E-state index in [0.29, 0.717) is 5.92 Å². The molecule has 2 aromatic rings. The molecule has 0 spiro atoms. The minimum atomic E-state index is -0.684. The van der Waals surface area contributed by atoms with Gasteiger partial charge in [-0.05, 0) is 31.3 Å². The minimum absolute atomic E-state index is 0.263. The second-order valence-electron chi connectivity index (χ2n) is 6.47. The van der Waals surface area contributed by atoms with Crippen LogP contribution in [0, 0.1) is 5.92 Å². The van der Waals surface area contributed by atoms with Gasteiger partial charge in [0.25, 0.3) is 0 Å². The number of aliphatic hydroxyl groups is 1. The fraction of sp³-hybridized carbons (Fsp3) is 0.333. The number of H-pyrrole nitrogens is 1. The van der Waals surface area contributed by atoms with Gasteiger partial charge in [0, 0.05) is 29.6 Å². The van der Waals surface area contributed by atoms with Crippen LogP contribution in [0.1, 0.15) is 36.9 Å². The number of aromatic amines is 1. The molecule has 0 aromatic carbocycles. The molecule has 2 aromatic heterocycles. The van der Waals surface area contributed by atoms with E-state index >= 15 is 0 Å². The first-order valence-corrected chi connectivity index (χ1v) is 7.66. The third kappa shape index (κ3) is 1.95. The van der Waals surface area contributed by atoms with E-state index < -0.39 is 5.60 Å². The lowest BCUT2D eigenvalue weighted by Gasteiger charge is -2.24. The van der Waals surface area contributed by atoms with Crippen LogP contribution in [0.5, 0.6) is 0 Å². The second-order valence-corrected chi connectivity index (χ2v) is 6.47. The Hall–Kier alpha value is -2.20. The lowest BCUT2D eigenvalue weighted by Crippen LogP contribution is -2.24. The van der Waals surface area contributed by atoms with E-state index in [9.17, 15) is 5.11 Å². The Morgan fingerprint density at radius 3 is 3.05 bits per heavy atom. The topological polar surface area (TPSA) is 61.8 Å². The molecule has 0 aliphatic heterocycles. The normalized spacial score (nSPS) is 30.4. The summed E-state index contributed by atoms with van der Waals surface area (Å²) in [5.41, 5.74) is 4.18. The molecule has 3 atom stereocenters. The number of fused-ring (bicyclic) bond motifs is 2. The smallest absolute Gasteiger partial charge is 0.156 e. The standard InChI is InChI=1S/C18H19N3O/c1-3-14-15(21-17-16(14)19-6-7-20-17)12-4-5-13-9-11(8-12)10-18(13,2)22/h3-7,9,11-12,22H,1,8,10H2,2H3,(H,20,21). The fourth-order valence-corrected chi connectivity index (χ4v) is 3.79. The summed E-state index contributed by atoms with van der Waals surface area (Å²) >= 11 is 0. The molecule has 2 aliphatic carbocycles. The number of hydrogen-bond donors (Lipinski definition) is 2. The second kappa shape index (κ2) is 4.65. The van der Waals surface area contributed by atoms with Gasteiger partial charge in [-0.25, -0.2) is 4.98 Å². The highest BCUT2D eigenvalue weighted by Crippen LogP contribution is 2.43. The molecule has 0 amide bonds. The van der Waals surface area contributed by atoms with Gasteiger partial charge < -0.3 is 10.1 Å². The number of nitrogens with one attached hydrogen (secondary N) is 1. The maximum absolute atomic E-state index is 10.4. The maximum Gasteiger partial charge on any atom is 0.156 e. The van der Waals surface area contributed by atoms with E-state index in [2.05, 4.69) is 39.8 Å². The monoisotopic (exact) mass is 293 g/mol. The van der Waals surface area contributed by atoms with Gasteiger partial charge in [0.15, 0.2) is 5.65 Å². The average Bonchev–Trinajstić information content (AvgIpc) is 2.90. The number of nitrogens with zero attached hydrogens (tertiary/aromatic N) is 2. The summed E-state index contributed by atoms with van der Waals surface area (Å²) < 4.78 is 0. The van der Waals surface area contributed by atoms with Gasteiger partial charge in [0.2, 0.25) is 0 Å². The summed E-state index contributed by atoms with van der Waals surface area (Å²) in [5, 5.41) is 10.4. The Labute approximate surface area is 129 Å². The molecule has 0 saturated heterocycles. The molecule has 0 saturated carbocycles. The molecule has 2 N–H and O–H groups in total. The molecule has 0 fully saturated rings. The Kier molecular flexibility index (Phi) is 2.84. The molecule has 4 nitrogen and oxygen atoms in total. The number of hydrogen-bond acceptors (Lipinski definition) is 3. The summed E-state index contributed by atoms with van der Waals surface area (Å²) in [5.74, 6) is 0.661. The van der Waals surface area contributed by atoms with Crippen molar-refractivity contribution in [3.05, 3.63) is 54.0 Å². The van der Waals surface area contributed by atoms with Crippen molar-refractivity contribution in [1.29, 1.82) is 0 Å². The molecule has 2 bridgehead atoms. The van der Waals surface area contributed by atoms with Crippen molar-refractivity contribution >= 4 is 17.2 Å². The number of allylic oxidation sites excluding steroid dienone is 2. The van der Waals surface area contributed by atoms with Crippen LogP contribution in [0.2, 0.25) is 0 Å². The molecule has 4 rings (SSSR count). The van der Waals surface area contributed by atoms with Crippen LogP contribution in [0.25, 0.3) is 17.2 Å². The van der Waals surface area contributed by atoms with Crippen molar-refractivity contribution in [2.75, 3.05) is 0 Å². The largest absolute Gasteiger partial charge is 0.385 e. The number of aromatic nitrogens is 3. The molecule has 3 unspecified atom stereocenters. The molecule has 2 aliphatic rings. The van der Waals surface area contributed by atoms with Crippen molar-refractivity contribution in [1.82, 2.24) is 15.0 Å². The SMILES string of the molecule is C=Cc1c(C2C=CC3=CC(C2)CC3(C)O)[nH]c2nccnc12. The summed E-state index contributed by atoms with van der Waals surface area (Å²) in [7, 11) is 0. The van der Waals surface area contributed by atoms with Crippen molar-refractivity contribution in [3.8, 4) is 0 Å². The molecule has 22 heavy (non-hydrogen) atoms. The predicted molar refractivity (Wildman–Crippen MR) is 87.3 cm³/mol. The summed E-state index contributed by atoms with van der Waals surface area (Å²) in [6.07, 6.45) is 13.5. The van der Waals surface area contributed by atoms with Gasteiger partial charge in [0.05, 0.1) is 5.60 Å². The zero-order valence-electron chi connectivity index (χ0n) is 12.6. The average molecular weight is 293 g/mol. The molecular formula is C18H19N3O. The molecular weight excluding hydrogens is 274 g/mol. The summed E-state index contributed by atoms with van der Waals surface area (Å²) in [6.45, 7) is 5.84. The Balaban J connectivity index is 1.78. The summed E-state index contributed by atoms with van der Waals surface area (Å²) in [6, 6.07) is 0. The third-order valence-corrected chi connectivity index (χ3v) is 4.83. The van der Waals surface area contributed by atoms with E-state index in [-0.39, 0.29) is 5.92 Å². The van der Waals surface area contributed by atoms with Gasteiger partial charge in [-0.2, -0.15) is 0 Å². The Morgan fingerprint density at radius 1 is 1.41 bits per heavy atom. The zero-order valence-corrected chi connectivity index (χ0v) is 12.6. The van der Waals surface area contributed by atoms with E-state index in [4.69, 9.17) is 0 Å². The highest BCUT2D eigenvalue weighted by molar-refractivity contribution is 5.84. The molecule has 0 radical (unpaired) electrons. The first-order chi connectivity index (χ1) is 10.6. The number of rotatable bonds is 2. The third-order valence-electron chi connectivity index (χ3n) is 4.83. The highest BCUT2D eigenvalue weighted by atomic mass is 16.3. The van der Waals surface area contributed by atoms with Crippen LogP contribution in [0.15, 0.2) is 42.8 Å². The van der Waals surface area contributed by atoms with Crippen LogP contribution < -0.4 is 0 Å². The quantitative estimate of drug-likeness (QED) is 0.892. The van der Waals surface area contributed by atoms with Gasteiger partial charge in [-0.1, -0.05) is 30.9 Å². The maximum atomic E-state index is 10.4. The minimum Gasteiger partial charge on any atom is -0.385 e.